The van der Waals surface area contributed by atoms with Gasteiger partial charge in [-0.1, -0.05) is 33.8 Å². The summed E-state index contributed by atoms with van der Waals surface area (Å²) in [4.78, 5) is 33.4. The van der Waals surface area contributed by atoms with Crippen molar-refractivity contribution in [3.05, 3.63) is 53.9 Å². The van der Waals surface area contributed by atoms with Gasteiger partial charge in [0.25, 0.3) is 0 Å². The zero-order valence-corrected chi connectivity index (χ0v) is 15.7. The van der Waals surface area contributed by atoms with Crippen molar-refractivity contribution in [2.75, 3.05) is 5.73 Å². The summed E-state index contributed by atoms with van der Waals surface area (Å²) in [5, 5.41) is 18.5. The summed E-state index contributed by atoms with van der Waals surface area (Å²) in [5.41, 5.74) is 7.57. The van der Waals surface area contributed by atoms with Crippen molar-refractivity contribution in [3.63, 3.8) is 0 Å². The molecule has 0 spiro atoms. The van der Waals surface area contributed by atoms with Crippen LogP contribution in [0.25, 0.3) is 5.57 Å². The number of carbonyl (C=O) groups is 2. The minimum atomic E-state index is -1.43. The van der Waals surface area contributed by atoms with Gasteiger partial charge in [0.2, 0.25) is 0 Å². The molecule has 0 aliphatic rings. The summed E-state index contributed by atoms with van der Waals surface area (Å²) >= 11 is 0. The molecule has 0 aliphatic carbocycles. The largest absolute Gasteiger partial charge is 0.477 e. The van der Waals surface area contributed by atoms with Crippen molar-refractivity contribution in [2.24, 2.45) is 5.92 Å². The smallest absolute Gasteiger partial charge is 0.343 e. The summed E-state index contributed by atoms with van der Waals surface area (Å²) in [7, 11) is 0. The van der Waals surface area contributed by atoms with Crippen LogP contribution in [0.4, 0.5) is 5.69 Å². The molecular weight excluding hydrogens is 348 g/mol. The van der Waals surface area contributed by atoms with Crippen LogP contribution in [0, 0.1) is 5.92 Å². The number of hydrogen-bond acceptors (Lipinski definition) is 6. The zero-order valence-electron chi connectivity index (χ0n) is 15.7. The summed E-state index contributed by atoms with van der Waals surface area (Å²) in [6.07, 6.45) is 4.31. The number of aliphatic carboxylic acids is 2. The van der Waals surface area contributed by atoms with Gasteiger partial charge in [0.05, 0.1) is 0 Å². The van der Waals surface area contributed by atoms with Crippen LogP contribution >= 0.6 is 0 Å². The second-order valence-corrected chi connectivity index (χ2v) is 6.35. The number of carboxylic acids is 2. The second-order valence-electron chi connectivity index (χ2n) is 6.35. The molecule has 4 N–H and O–H groups in total. The van der Waals surface area contributed by atoms with E-state index in [4.69, 9.17) is 5.73 Å². The van der Waals surface area contributed by atoms with E-state index in [0.29, 0.717) is 16.8 Å². The van der Waals surface area contributed by atoms with E-state index in [1.54, 1.807) is 32.0 Å². The summed E-state index contributed by atoms with van der Waals surface area (Å²) in [6.45, 7) is 7.47. The van der Waals surface area contributed by atoms with Gasteiger partial charge < -0.3 is 15.9 Å². The number of nitrogens with two attached hydrogens (primary N) is 1. The predicted molar refractivity (Wildman–Crippen MR) is 102 cm³/mol. The van der Waals surface area contributed by atoms with Crippen molar-refractivity contribution in [1.29, 1.82) is 0 Å². The highest BCUT2D eigenvalue weighted by Crippen LogP contribution is 2.34. The van der Waals surface area contributed by atoms with E-state index in [1.807, 2.05) is 13.8 Å². The number of nitrogen functional groups attached to an aromatic ring is 1. The van der Waals surface area contributed by atoms with Gasteiger partial charge in [-0.2, -0.15) is 0 Å². The Hall–Kier alpha value is -3.29. The molecule has 2 aromatic rings. The topological polar surface area (TPSA) is 139 Å². The van der Waals surface area contributed by atoms with E-state index < -0.39 is 17.5 Å². The summed E-state index contributed by atoms with van der Waals surface area (Å²) in [6, 6.07) is 5.13. The monoisotopic (exact) mass is 372 g/mol. The van der Waals surface area contributed by atoms with Crippen LogP contribution in [-0.4, -0.2) is 37.1 Å². The molecule has 1 aromatic carbocycles. The number of rotatable bonds is 5. The maximum Gasteiger partial charge on any atom is 0.343 e. The average molecular weight is 372 g/mol. The molecule has 0 saturated heterocycles. The molecule has 0 bridgehead atoms. The Morgan fingerprint density at radius 1 is 0.926 bits per heavy atom. The molecule has 0 saturated carbocycles. The van der Waals surface area contributed by atoms with E-state index in [9.17, 15) is 19.8 Å². The molecule has 8 nitrogen and oxygen atoms in total. The Morgan fingerprint density at radius 3 is 1.74 bits per heavy atom. The van der Waals surface area contributed by atoms with Crippen molar-refractivity contribution in [1.82, 2.24) is 15.0 Å². The van der Waals surface area contributed by atoms with Crippen LogP contribution in [0.15, 0.2) is 42.8 Å². The predicted octanol–water partition coefficient (Wildman–Crippen LogP) is 2.84. The third-order valence-corrected chi connectivity index (χ3v) is 3.66. The Balaban J connectivity index is 0.000000511. The Kier molecular flexibility index (Phi) is 8.06. The molecule has 8 heteroatoms. The van der Waals surface area contributed by atoms with Gasteiger partial charge in [-0.05, 0) is 40.7 Å². The van der Waals surface area contributed by atoms with Crippen LogP contribution in [0.5, 0.6) is 0 Å². The molecule has 1 heterocycles. The maximum absolute atomic E-state index is 11.3. The van der Waals surface area contributed by atoms with Crippen LogP contribution in [0.2, 0.25) is 0 Å². The van der Waals surface area contributed by atoms with Crippen molar-refractivity contribution in [3.8, 4) is 0 Å². The SMILES string of the molecule is CC(C)C(=C(C(=O)O)C(=O)O)c1ccc(N)cc1C(C)C.c1ncncn1. The Bertz CT molecular complexity index is 775. The molecular formula is C19H24N4O4. The molecule has 0 fully saturated rings. The molecule has 0 unspecified atom stereocenters. The maximum atomic E-state index is 11.3. The number of benzene rings is 1. The van der Waals surface area contributed by atoms with E-state index in [1.165, 1.54) is 19.0 Å². The quantitative estimate of drug-likeness (QED) is 0.315. The zero-order chi connectivity index (χ0) is 20.6. The van der Waals surface area contributed by atoms with E-state index in [-0.39, 0.29) is 11.8 Å². The average Bonchev–Trinajstić information content (AvgIpc) is 2.60. The molecule has 0 aliphatic heterocycles. The van der Waals surface area contributed by atoms with Gasteiger partial charge in [-0.15, -0.1) is 0 Å². The van der Waals surface area contributed by atoms with Crippen molar-refractivity contribution in [2.45, 2.75) is 33.6 Å². The first-order valence-corrected chi connectivity index (χ1v) is 8.32. The molecule has 1 aromatic heterocycles. The Morgan fingerprint density at radius 2 is 1.41 bits per heavy atom. The van der Waals surface area contributed by atoms with Crippen LogP contribution < -0.4 is 5.73 Å². The normalized spacial score (nSPS) is 10.1. The highest BCUT2D eigenvalue weighted by atomic mass is 16.4. The fourth-order valence-corrected chi connectivity index (χ4v) is 2.57. The second kappa shape index (κ2) is 10.0. The molecule has 0 atom stereocenters. The highest BCUT2D eigenvalue weighted by Gasteiger charge is 2.26. The van der Waals surface area contributed by atoms with Crippen molar-refractivity contribution < 1.29 is 19.8 Å². The van der Waals surface area contributed by atoms with Gasteiger partial charge in [0, 0.05) is 5.69 Å². The molecule has 0 radical (unpaired) electrons. The standard InChI is InChI=1S/C16H21NO4.C3H3N3/c1-8(2)12-7-10(17)5-6-11(12)13(9(3)4)14(15(18)19)16(20)21;1-4-2-6-3-5-1/h5-9H,17H2,1-4H3,(H,18,19)(H,20,21);1-3H. The molecule has 27 heavy (non-hydrogen) atoms. The van der Waals surface area contributed by atoms with E-state index in [0.717, 1.165) is 5.56 Å². The number of carboxylic acid groups (broad SMARTS) is 2. The lowest BCUT2D eigenvalue weighted by Crippen LogP contribution is -2.17. The first-order valence-electron chi connectivity index (χ1n) is 8.32. The third-order valence-electron chi connectivity index (χ3n) is 3.66. The van der Waals surface area contributed by atoms with Crippen molar-refractivity contribution >= 4 is 23.2 Å². The number of allylic oxidation sites excluding steroid dienone is 1. The lowest BCUT2D eigenvalue weighted by molar-refractivity contribution is -0.140. The molecule has 2 rings (SSSR count). The number of anilines is 1. The van der Waals surface area contributed by atoms with Gasteiger partial charge in [0.15, 0.2) is 0 Å². The fraction of sp³-hybridized carbons (Fsp3) is 0.316. The van der Waals surface area contributed by atoms with Gasteiger partial charge in [-0.25, -0.2) is 24.5 Å². The van der Waals surface area contributed by atoms with Crippen LogP contribution in [0.1, 0.15) is 44.7 Å². The lowest BCUT2D eigenvalue weighted by Gasteiger charge is -2.20. The number of hydrogen-bond donors (Lipinski definition) is 3. The van der Waals surface area contributed by atoms with E-state index in [2.05, 4.69) is 15.0 Å². The Labute approximate surface area is 157 Å². The van der Waals surface area contributed by atoms with Gasteiger partial charge in [0.1, 0.15) is 24.6 Å². The minimum absolute atomic E-state index is 0.0982. The minimum Gasteiger partial charge on any atom is -0.477 e. The van der Waals surface area contributed by atoms with E-state index >= 15 is 0 Å². The van der Waals surface area contributed by atoms with Crippen LogP contribution in [-0.2, 0) is 9.59 Å². The number of nitrogens with zero attached hydrogens (tertiary/aromatic N) is 3. The summed E-state index contributed by atoms with van der Waals surface area (Å²) < 4.78 is 0. The first kappa shape index (κ1) is 21.8. The molecule has 144 valence electrons. The first-order chi connectivity index (χ1) is 12.7. The van der Waals surface area contributed by atoms with Crippen LogP contribution in [0.3, 0.4) is 0 Å². The number of aromatic nitrogens is 3. The third kappa shape index (κ3) is 6.18. The lowest BCUT2D eigenvalue weighted by atomic mass is 9.84. The fourth-order valence-electron chi connectivity index (χ4n) is 2.57. The van der Waals surface area contributed by atoms with Gasteiger partial charge in [-0.3, -0.25) is 0 Å². The highest BCUT2D eigenvalue weighted by molar-refractivity contribution is 6.19. The molecule has 0 amide bonds. The van der Waals surface area contributed by atoms with Gasteiger partial charge >= 0.3 is 11.9 Å². The summed E-state index contributed by atoms with van der Waals surface area (Å²) in [5.74, 6) is -3.01.